The van der Waals surface area contributed by atoms with Gasteiger partial charge in [-0.1, -0.05) is 11.6 Å². The molecule has 7 heteroatoms. The average Bonchev–Trinajstić information content (AvgIpc) is 2.67. The fourth-order valence-electron chi connectivity index (χ4n) is 3.58. The van der Waals surface area contributed by atoms with Crippen molar-refractivity contribution in [3.8, 4) is 0 Å². The highest BCUT2D eigenvalue weighted by Crippen LogP contribution is 2.25. The predicted molar refractivity (Wildman–Crippen MR) is 96.5 cm³/mol. The zero-order valence-corrected chi connectivity index (χ0v) is 15.0. The second-order valence-corrected chi connectivity index (χ2v) is 7.04. The molecule has 2 N–H and O–H groups in total. The summed E-state index contributed by atoms with van der Waals surface area (Å²) in [5.41, 5.74) is 6.14. The SMILES string of the molecule is NCC(=O)N1CCN(C2CC(C(=O)c3ccc(Cl)cc3)CC[N]2)CC1. The smallest absolute Gasteiger partial charge is 0.236 e. The molecule has 1 aromatic rings. The number of carbonyl (C=O) groups excluding carboxylic acids is 2. The maximum atomic E-state index is 12.7. The molecule has 1 aromatic carbocycles. The van der Waals surface area contributed by atoms with Crippen LogP contribution < -0.4 is 11.1 Å². The average molecular weight is 364 g/mol. The lowest BCUT2D eigenvalue weighted by molar-refractivity contribution is -0.132. The number of nitrogens with zero attached hydrogens (tertiary/aromatic N) is 3. The van der Waals surface area contributed by atoms with Crippen LogP contribution in [0.4, 0.5) is 0 Å². The van der Waals surface area contributed by atoms with Gasteiger partial charge in [-0.05, 0) is 37.1 Å². The van der Waals surface area contributed by atoms with Gasteiger partial charge in [0.2, 0.25) is 5.91 Å². The minimum absolute atomic E-state index is 0.00368. The molecule has 0 aliphatic carbocycles. The molecule has 2 aliphatic heterocycles. The maximum absolute atomic E-state index is 12.7. The number of halogens is 1. The Morgan fingerprint density at radius 3 is 2.48 bits per heavy atom. The summed E-state index contributed by atoms with van der Waals surface area (Å²) in [6.45, 7) is 3.68. The van der Waals surface area contributed by atoms with E-state index in [0.717, 1.165) is 25.9 Å². The fourth-order valence-corrected chi connectivity index (χ4v) is 3.70. The molecule has 25 heavy (non-hydrogen) atoms. The van der Waals surface area contributed by atoms with Gasteiger partial charge in [0, 0.05) is 49.2 Å². The van der Waals surface area contributed by atoms with Crippen molar-refractivity contribution >= 4 is 23.3 Å². The Morgan fingerprint density at radius 1 is 1.16 bits per heavy atom. The minimum atomic E-state index is -0.00706. The summed E-state index contributed by atoms with van der Waals surface area (Å²) >= 11 is 5.90. The van der Waals surface area contributed by atoms with Crippen molar-refractivity contribution in [2.75, 3.05) is 39.3 Å². The molecule has 135 valence electrons. The van der Waals surface area contributed by atoms with E-state index in [1.807, 2.05) is 0 Å². The van der Waals surface area contributed by atoms with Crippen molar-refractivity contribution in [1.82, 2.24) is 15.1 Å². The molecule has 1 radical (unpaired) electrons. The monoisotopic (exact) mass is 363 g/mol. The highest BCUT2D eigenvalue weighted by atomic mass is 35.5. The van der Waals surface area contributed by atoms with Crippen molar-refractivity contribution in [1.29, 1.82) is 0 Å². The van der Waals surface area contributed by atoms with Crippen LogP contribution in [0.15, 0.2) is 24.3 Å². The van der Waals surface area contributed by atoms with Crippen LogP contribution in [0, 0.1) is 5.92 Å². The lowest BCUT2D eigenvalue weighted by Gasteiger charge is -2.41. The highest BCUT2D eigenvalue weighted by molar-refractivity contribution is 6.30. The number of Topliss-reactive ketones (excluding diaryl/α,β-unsaturated/α-hetero) is 1. The lowest BCUT2D eigenvalue weighted by Crippen LogP contribution is -2.56. The summed E-state index contributed by atoms with van der Waals surface area (Å²) in [5, 5.41) is 5.35. The molecule has 2 unspecified atom stereocenters. The summed E-state index contributed by atoms with van der Waals surface area (Å²) in [6, 6.07) is 7.10. The van der Waals surface area contributed by atoms with Crippen LogP contribution in [0.5, 0.6) is 0 Å². The summed E-state index contributed by atoms with van der Waals surface area (Å²) in [4.78, 5) is 28.5. The van der Waals surface area contributed by atoms with E-state index in [2.05, 4.69) is 4.90 Å². The number of hydrogen-bond donors (Lipinski definition) is 1. The first kappa shape index (κ1) is 18.3. The molecule has 2 heterocycles. The van der Waals surface area contributed by atoms with Crippen LogP contribution in [0.3, 0.4) is 0 Å². The molecule has 2 atom stereocenters. The molecule has 3 rings (SSSR count). The molecule has 1 amide bonds. The number of amides is 1. The van der Waals surface area contributed by atoms with E-state index in [0.29, 0.717) is 30.2 Å². The molecule has 6 nitrogen and oxygen atoms in total. The number of hydrogen-bond acceptors (Lipinski definition) is 4. The van der Waals surface area contributed by atoms with Crippen LogP contribution >= 0.6 is 11.6 Å². The Hall–Kier alpha value is -1.47. The van der Waals surface area contributed by atoms with Crippen LogP contribution in [-0.2, 0) is 4.79 Å². The highest BCUT2D eigenvalue weighted by Gasteiger charge is 2.33. The van der Waals surface area contributed by atoms with Gasteiger partial charge in [-0.2, -0.15) is 0 Å². The third kappa shape index (κ3) is 4.39. The third-order valence-electron chi connectivity index (χ3n) is 5.08. The normalized spacial score (nSPS) is 25.0. The van der Waals surface area contributed by atoms with Crippen molar-refractivity contribution in [2.45, 2.75) is 19.0 Å². The van der Waals surface area contributed by atoms with Gasteiger partial charge in [0.05, 0.1) is 12.7 Å². The summed E-state index contributed by atoms with van der Waals surface area (Å²) in [7, 11) is 0. The first-order chi connectivity index (χ1) is 12.1. The van der Waals surface area contributed by atoms with Gasteiger partial charge in [-0.3, -0.25) is 14.5 Å². The first-order valence-corrected chi connectivity index (χ1v) is 9.14. The molecular formula is C18H24ClN4O2. The number of ketones is 1. The molecule has 2 fully saturated rings. The van der Waals surface area contributed by atoms with E-state index >= 15 is 0 Å². The van der Waals surface area contributed by atoms with Gasteiger partial charge >= 0.3 is 0 Å². The van der Waals surface area contributed by atoms with Crippen LogP contribution in [0.2, 0.25) is 5.02 Å². The second kappa shape index (κ2) is 8.27. The summed E-state index contributed by atoms with van der Waals surface area (Å²) in [6.07, 6.45) is 1.60. The number of nitrogens with two attached hydrogens (primary N) is 1. The van der Waals surface area contributed by atoms with E-state index in [1.165, 1.54) is 0 Å². The Morgan fingerprint density at radius 2 is 1.84 bits per heavy atom. The zero-order valence-electron chi connectivity index (χ0n) is 14.2. The van der Waals surface area contributed by atoms with E-state index in [1.54, 1.807) is 29.2 Å². The number of piperidine rings is 1. The number of piperazine rings is 1. The lowest BCUT2D eigenvalue weighted by atomic mass is 9.87. The molecule has 0 bridgehead atoms. The number of rotatable bonds is 4. The Bertz CT molecular complexity index is 614. The molecule has 2 saturated heterocycles. The summed E-state index contributed by atoms with van der Waals surface area (Å²) in [5.74, 6) is 0.164. The van der Waals surface area contributed by atoms with Crippen LogP contribution in [0.1, 0.15) is 23.2 Å². The third-order valence-corrected chi connectivity index (χ3v) is 5.33. The van der Waals surface area contributed by atoms with Crippen LogP contribution in [-0.4, -0.2) is 66.9 Å². The van der Waals surface area contributed by atoms with E-state index in [-0.39, 0.29) is 30.3 Å². The van der Waals surface area contributed by atoms with E-state index in [9.17, 15) is 9.59 Å². The number of benzene rings is 1. The van der Waals surface area contributed by atoms with E-state index < -0.39 is 0 Å². The van der Waals surface area contributed by atoms with Gasteiger partial charge in [0.1, 0.15) is 0 Å². The van der Waals surface area contributed by atoms with Crippen molar-refractivity contribution in [2.24, 2.45) is 11.7 Å². The van der Waals surface area contributed by atoms with Gasteiger partial charge < -0.3 is 10.6 Å². The maximum Gasteiger partial charge on any atom is 0.236 e. The minimum Gasteiger partial charge on any atom is -0.339 e. The standard InChI is InChI=1S/C18H24ClN4O2/c19-15-3-1-13(2-4-15)18(25)14-5-6-21-16(11-14)22-7-9-23(10-8-22)17(24)12-20/h1-4,14,16H,5-12,20H2. The molecule has 0 spiro atoms. The molecular weight excluding hydrogens is 340 g/mol. The topological polar surface area (TPSA) is 80.7 Å². The Labute approximate surface area is 153 Å². The molecule has 0 aromatic heterocycles. The Balaban J connectivity index is 1.57. The first-order valence-electron chi connectivity index (χ1n) is 8.76. The van der Waals surface area contributed by atoms with Crippen molar-refractivity contribution in [3.63, 3.8) is 0 Å². The largest absolute Gasteiger partial charge is 0.339 e. The number of carbonyl (C=O) groups is 2. The van der Waals surface area contributed by atoms with Gasteiger partial charge in [0.25, 0.3) is 0 Å². The summed E-state index contributed by atoms with van der Waals surface area (Å²) < 4.78 is 0. The Kier molecular flexibility index (Phi) is 6.06. The van der Waals surface area contributed by atoms with Gasteiger partial charge in [-0.25, -0.2) is 5.32 Å². The van der Waals surface area contributed by atoms with Gasteiger partial charge in [-0.15, -0.1) is 0 Å². The van der Waals surface area contributed by atoms with Crippen LogP contribution in [0.25, 0.3) is 0 Å². The fraction of sp³-hybridized carbons (Fsp3) is 0.556. The van der Waals surface area contributed by atoms with E-state index in [4.69, 9.17) is 22.7 Å². The molecule has 2 aliphatic rings. The second-order valence-electron chi connectivity index (χ2n) is 6.60. The van der Waals surface area contributed by atoms with Crippen molar-refractivity contribution in [3.05, 3.63) is 34.9 Å². The quantitative estimate of drug-likeness (QED) is 0.808. The zero-order chi connectivity index (χ0) is 17.8. The molecule has 0 saturated carbocycles. The predicted octanol–water partition coefficient (Wildman–Crippen LogP) is 0.966. The van der Waals surface area contributed by atoms with Gasteiger partial charge in [0.15, 0.2) is 5.78 Å². The van der Waals surface area contributed by atoms with Crippen molar-refractivity contribution < 1.29 is 9.59 Å².